The van der Waals surface area contributed by atoms with Crippen molar-refractivity contribution >= 4 is 27.5 Å². The number of halogens is 2. The summed E-state index contributed by atoms with van der Waals surface area (Å²) >= 11 is 6.18. The summed E-state index contributed by atoms with van der Waals surface area (Å²) in [6.07, 6.45) is 4.26. The molecule has 3 fully saturated rings. The Morgan fingerprint density at radius 3 is 2.61 bits per heavy atom. The van der Waals surface area contributed by atoms with E-state index in [0.717, 1.165) is 32.1 Å². The van der Waals surface area contributed by atoms with Crippen molar-refractivity contribution in [3.05, 3.63) is 0 Å². The molecule has 5 atom stereocenters. The van der Waals surface area contributed by atoms with Crippen LogP contribution in [0.1, 0.15) is 44.9 Å². The van der Waals surface area contributed by atoms with E-state index in [2.05, 4.69) is 21.2 Å². The predicted octanol–water partition coefficient (Wildman–Crippen LogP) is 0.812. The third kappa shape index (κ3) is 5.76. The minimum Gasteiger partial charge on any atom is -0.278 e. The molecule has 3 rings (SSSR count). The SMILES string of the molecule is CN1CC(C2CC(Cl)C(F)C(C(=O)NNS(=O)(=O)CC3CCCCC3)C2)NN1. The van der Waals surface area contributed by atoms with Gasteiger partial charge in [-0.15, -0.1) is 16.4 Å². The number of nitrogens with zero attached hydrogens (tertiary/aromatic N) is 1. The lowest BCUT2D eigenvalue weighted by Gasteiger charge is -2.36. The van der Waals surface area contributed by atoms with Crippen molar-refractivity contribution in [3.63, 3.8) is 0 Å². The smallest absolute Gasteiger partial charge is 0.241 e. The number of alkyl halides is 2. The molecular weight excluding hydrogens is 409 g/mol. The number of carbonyl (C=O) groups excluding carboxylic acids is 1. The molecule has 1 saturated heterocycles. The number of hydrogen-bond donors (Lipinski definition) is 4. The normalized spacial score (nSPS) is 35.8. The van der Waals surface area contributed by atoms with Gasteiger partial charge >= 0.3 is 0 Å². The molecule has 0 radical (unpaired) electrons. The zero-order valence-corrected chi connectivity index (χ0v) is 17.7. The number of nitrogens with one attached hydrogen (secondary N) is 4. The van der Waals surface area contributed by atoms with E-state index in [4.69, 9.17) is 11.6 Å². The average molecular weight is 440 g/mol. The summed E-state index contributed by atoms with van der Waals surface area (Å²) in [7, 11) is -1.76. The van der Waals surface area contributed by atoms with E-state index in [1.807, 2.05) is 12.1 Å². The van der Waals surface area contributed by atoms with Crippen LogP contribution in [-0.4, -0.2) is 56.3 Å². The maximum Gasteiger partial charge on any atom is 0.241 e. The van der Waals surface area contributed by atoms with E-state index < -0.39 is 33.4 Å². The first-order chi connectivity index (χ1) is 13.2. The number of rotatable bonds is 6. The van der Waals surface area contributed by atoms with Crippen LogP contribution in [0.3, 0.4) is 0 Å². The van der Waals surface area contributed by atoms with Crippen molar-refractivity contribution in [2.24, 2.45) is 17.8 Å². The minimum absolute atomic E-state index is 0.0121. The Morgan fingerprint density at radius 1 is 1.25 bits per heavy atom. The molecule has 1 heterocycles. The number of sulfonamides is 1. The van der Waals surface area contributed by atoms with E-state index in [-0.39, 0.29) is 23.6 Å². The van der Waals surface area contributed by atoms with Crippen molar-refractivity contribution in [2.45, 2.75) is 62.5 Å². The second-order valence-corrected chi connectivity index (χ2v) is 10.7. The van der Waals surface area contributed by atoms with Crippen LogP contribution in [-0.2, 0) is 14.8 Å². The van der Waals surface area contributed by atoms with Crippen molar-refractivity contribution < 1.29 is 17.6 Å². The fourth-order valence-electron chi connectivity index (χ4n) is 4.58. The first-order valence-electron chi connectivity index (χ1n) is 10.0. The molecule has 1 amide bonds. The van der Waals surface area contributed by atoms with Gasteiger partial charge in [-0.1, -0.05) is 19.3 Å². The number of likely N-dealkylation sites (N-methyl/N-ethyl adjacent to an activating group) is 1. The van der Waals surface area contributed by atoms with Crippen LogP contribution in [0.15, 0.2) is 0 Å². The topological polar surface area (TPSA) is 103 Å². The molecule has 0 aromatic rings. The quantitative estimate of drug-likeness (QED) is 0.361. The van der Waals surface area contributed by atoms with Crippen LogP contribution in [0.2, 0.25) is 0 Å². The predicted molar refractivity (Wildman–Crippen MR) is 105 cm³/mol. The Labute approximate surface area is 171 Å². The number of hydrogen-bond acceptors (Lipinski definition) is 6. The Hall–Kier alpha value is -0.520. The fraction of sp³-hybridized carbons (Fsp3) is 0.941. The Balaban J connectivity index is 1.54. The largest absolute Gasteiger partial charge is 0.278 e. The fourth-order valence-corrected chi connectivity index (χ4v) is 6.27. The Kier molecular flexibility index (Phi) is 7.54. The number of carbonyl (C=O) groups is 1. The Bertz CT molecular complexity index is 649. The van der Waals surface area contributed by atoms with Gasteiger partial charge in [0.2, 0.25) is 15.9 Å². The lowest BCUT2D eigenvalue weighted by molar-refractivity contribution is -0.129. The van der Waals surface area contributed by atoms with E-state index in [0.29, 0.717) is 19.4 Å². The molecule has 0 aromatic carbocycles. The summed E-state index contributed by atoms with van der Waals surface area (Å²) in [5.41, 5.74) is 8.33. The molecule has 11 heteroatoms. The third-order valence-electron chi connectivity index (χ3n) is 6.14. The van der Waals surface area contributed by atoms with Gasteiger partial charge in [-0.05, 0) is 37.5 Å². The van der Waals surface area contributed by atoms with Gasteiger partial charge in [0.05, 0.1) is 17.0 Å². The van der Waals surface area contributed by atoms with Crippen LogP contribution in [0, 0.1) is 17.8 Å². The molecule has 0 bridgehead atoms. The summed E-state index contributed by atoms with van der Waals surface area (Å²) in [4.78, 5) is 14.7. The molecule has 2 saturated carbocycles. The molecule has 0 spiro atoms. The monoisotopic (exact) mass is 439 g/mol. The third-order valence-corrected chi connectivity index (χ3v) is 7.88. The van der Waals surface area contributed by atoms with Gasteiger partial charge in [0.25, 0.3) is 0 Å². The summed E-state index contributed by atoms with van der Waals surface area (Å²) in [6, 6.07) is 0.0528. The van der Waals surface area contributed by atoms with Crippen LogP contribution >= 0.6 is 11.6 Å². The van der Waals surface area contributed by atoms with Crippen LogP contribution in [0.5, 0.6) is 0 Å². The summed E-state index contributed by atoms with van der Waals surface area (Å²) in [6.45, 7) is 0.716. The summed E-state index contributed by atoms with van der Waals surface area (Å²) in [5, 5.41) is 1.10. The zero-order valence-electron chi connectivity index (χ0n) is 16.2. The van der Waals surface area contributed by atoms with Gasteiger partial charge < -0.3 is 0 Å². The highest BCUT2D eigenvalue weighted by molar-refractivity contribution is 7.89. The van der Waals surface area contributed by atoms with Crippen molar-refractivity contribution in [1.82, 2.24) is 26.2 Å². The van der Waals surface area contributed by atoms with Crippen molar-refractivity contribution in [3.8, 4) is 0 Å². The first kappa shape index (κ1) is 22.2. The van der Waals surface area contributed by atoms with Crippen LogP contribution < -0.4 is 21.2 Å². The van der Waals surface area contributed by atoms with Gasteiger partial charge in [0.1, 0.15) is 6.17 Å². The van der Waals surface area contributed by atoms with E-state index in [1.54, 1.807) is 0 Å². The second kappa shape index (κ2) is 9.53. The highest BCUT2D eigenvalue weighted by Crippen LogP contribution is 2.37. The molecule has 28 heavy (non-hydrogen) atoms. The minimum atomic E-state index is -3.65. The standard InChI is InChI=1S/C17H31ClFN5O3S/c1-24-9-15(20-22-24)12-7-13(16(19)14(18)8-12)17(25)21-23-28(26,27)10-11-5-3-2-4-6-11/h11-16,20,22-23H,2-10H2,1H3,(H,21,25). The highest BCUT2D eigenvalue weighted by Gasteiger charge is 2.44. The average Bonchev–Trinajstić information content (AvgIpc) is 3.09. The highest BCUT2D eigenvalue weighted by atomic mass is 35.5. The van der Waals surface area contributed by atoms with Crippen LogP contribution in [0.4, 0.5) is 4.39 Å². The maximum atomic E-state index is 14.6. The lowest BCUT2D eigenvalue weighted by Crippen LogP contribution is -2.52. The molecule has 4 N–H and O–H groups in total. The van der Waals surface area contributed by atoms with Crippen molar-refractivity contribution in [2.75, 3.05) is 19.3 Å². The van der Waals surface area contributed by atoms with E-state index in [9.17, 15) is 17.6 Å². The van der Waals surface area contributed by atoms with Gasteiger partial charge in [-0.2, -0.15) is 5.53 Å². The molecule has 1 aliphatic heterocycles. The van der Waals surface area contributed by atoms with E-state index in [1.165, 1.54) is 0 Å². The Morgan fingerprint density at radius 2 is 1.96 bits per heavy atom. The first-order valence-corrected chi connectivity index (χ1v) is 12.1. The summed E-state index contributed by atoms with van der Waals surface area (Å²) < 4.78 is 39.1. The number of amides is 1. The molecule has 162 valence electrons. The van der Waals surface area contributed by atoms with Crippen molar-refractivity contribution in [1.29, 1.82) is 0 Å². The summed E-state index contributed by atoms with van der Waals surface area (Å²) in [5.74, 6) is -1.52. The van der Waals surface area contributed by atoms with Gasteiger partial charge in [0, 0.05) is 19.6 Å². The van der Waals surface area contributed by atoms with Gasteiger partial charge in [-0.3, -0.25) is 10.2 Å². The molecule has 5 unspecified atom stereocenters. The zero-order chi connectivity index (χ0) is 20.3. The van der Waals surface area contributed by atoms with Gasteiger partial charge in [0.15, 0.2) is 0 Å². The van der Waals surface area contributed by atoms with Gasteiger partial charge in [-0.25, -0.2) is 23.2 Å². The lowest BCUT2D eigenvalue weighted by atomic mass is 9.76. The molecule has 0 aromatic heterocycles. The molecule has 2 aliphatic carbocycles. The van der Waals surface area contributed by atoms with Crippen LogP contribution in [0.25, 0.3) is 0 Å². The molecule has 8 nitrogen and oxygen atoms in total. The van der Waals surface area contributed by atoms with E-state index >= 15 is 0 Å². The number of hydrazine groups is 3. The maximum absolute atomic E-state index is 14.6. The second-order valence-electron chi connectivity index (χ2n) is 8.42. The molecule has 3 aliphatic rings. The molecular formula is C17H31ClFN5O3S.